The molecule has 7 heteroatoms. The second kappa shape index (κ2) is 8.10. The number of carbonyl (C=O) groups excluding carboxylic acids is 1. The molecule has 1 amide bonds. The third-order valence-corrected chi connectivity index (χ3v) is 5.26. The normalized spacial score (nSPS) is 18.0. The number of hydrogen-bond donors (Lipinski definition) is 0. The zero-order chi connectivity index (χ0) is 18.6. The summed E-state index contributed by atoms with van der Waals surface area (Å²) in [6.07, 6.45) is 1.72. The summed E-state index contributed by atoms with van der Waals surface area (Å²) in [5.74, 6) is 1.61. The minimum Gasteiger partial charge on any atom is -0.496 e. The highest BCUT2D eigenvalue weighted by Gasteiger charge is 2.25. The third kappa shape index (κ3) is 3.84. The Morgan fingerprint density at radius 2 is 2.11 bits per heavy atom. The highest BCUT2D eigenvalue weighted by molar-refractivity contribution is 5.97. The first-order valence-electron chi connectivity index (χ1n) is 9.45. The molecule has 144 valence electrons. The highest BCUT2D eigenvalue weighted by Crippen LogP contribution is 2.23. The van der Waals surface area contributed by atoms with Gasteiger partial charge in [-0.05, 0) is 18.6 Å². The number of hydrogen-bond acceptors (Lipinski definition) is 6. The zero-order valence-corrected chi connectivity index (χ0v) is 15.6. The molecule has 0 radical (unpaired) electrons. The lowest BCUT2D eigenvalue weighted by Gasteiger charge is -2.22. The van der Waals surface area contributed by atoms with Crippen molar-refractivity contribution in [3.05, 3.63) is 46.8 Å². The van der Waals surface area contributed by atoms with Crippen molar-refractivity contribution < 1.29 is 18.8 Å². The quantitative estimate of drug-likeness (QED) is 0.820. The monoisotopic (exact) mass is 371 g/mol. The molecule has 0 bridgehead atoms. The summed E-state index contributed by atoms with van der Waals surface area (Å²) in [7, 11) is 1.60. The highest BCUT2D eigenvalue weighted by atomic mass is 16.5. The number of amides is 1. The summed E-state index contributed by atoms with van der Waals surface area (Å²) in [5, 5.41) is 4.25. The lowest BCUT2D eigenvalue weighted by atomic mass is 10.1. The largest absolute Gasteiger partial charge is 0.496 e. The molecule has 1 fully saturated rings. The molecule has 0 saturated carbocycles. The predicted octanol–water partition coefficient (Wildman–Crippen LogP) is 2.10. The second-order valence-electron chi connectivity index (χ2n) is 6.96. The number of benzene rings is 1. The minimum absolute atomic E-state index is 0.0292. The standard InChI is InChI=1S/C20H25N3O4/c1-25-18-6-3-2-5-15(18)20(24)23-9-4-8-22(10-11-23)13-17-16-14-26-12-7-19(16)27-21-17/h2-3,5-6H,4,7-14H2,1H3. The zero-order valence-electron chi connectivity index (χ0n) is 15.6. The fourth-order valence-corrected chi connectivity index (χ4v) is 3.74. The summed E-state index contributed by atoms with van der Waals surface area (Å²) in [6, 6.07) is 7.40. The lowest BCUT2D eigenvalue weighted by molar-refractivity contribution is 0.0757. The van der Waals surface area contributed by atoms with Gasteiger partial charge < -0.3 is 18.9 Å². The van der Waals surface area contributed by atoms with E-state index in [0.717, 1.165) is 56.0 Å². The van der Waals surface area contributed by atoms with Crippen LogP contribution in [0.4, 0.5) is 0 Å². The number of rotatable bonds is 4. The molecular formula is C20H25N3O4. The van der Waals surface area contributed by atoms with E-state index in [9.17, 15) is 4.79 Å². The number of fused-ring (bicyclic) bond motifs is 1. The van der Waals surface area contributed by atoms with Gasteiger partial charge in [-0.3, -0.25) is 9.69 Å². The van der Waals surface area contributed by atoms with Crippen molar-refractivity contribution >= 4 is 5.91 Å². The van der Waals surface area contributed by atoms with Crippen LogP contribution in [-0.2, 0) is 24.3 Å². The van der Waals surface area contributed by atoms with E-state index in [1.54, 1.807) is 7.11 Å². The van der Waals surface area contributed by atoms with Gasteiger partial charge in [-0.25, -0.2) is 0 Å². The molecule has 0 N–H and O–H groups in total. The van der Waals surface area contributed by atoms with E-state index in [1.807, 2.05) is 29.2 Å². The molecule has 1 aromatic carbocycles. The van der Waals surface area contributed by atoms with Crippen LogP contribution in [0.5, 0.6) is 5.75 Å². The summed E-state index contributed by atoms with van der Waals surface area (Å²) in [6.45, 7) is 5.19. The molecule has 1 saturated heterocycles. The predicted molar refractivity (Wildman–Crippen MR) is 98.7 cm³/mol. The lowest BCUT2D eigenvalue weighted by Crippen LogP contribution is -2.35. The number of aromatic nitrogens is 1. The van der Waals surface area contributed by atoms with Crippen molar-refractivity contribution in [2.45, 2.75) is 26.0 Å². The molecular weight excluding hydrogens is 346 g/mol. The summed E-state index contributed by atoms with van der Waals surface area (Å²) >= 11 is 0. The van der Waals surface area contributed by atoms with Gasteiger partial charge in [-0.1, -0.05) is 17.3 Å². The molecule has 2 aromatic rings. The van der Waals surface area contributed by atoms with Gasteiger partial charge in [-0.2, -0.15) is 0 Å². The number of carbonyl (C=O) groups is 1. The van der Waals surface area contributed by atoms with E-state index in [2.05, 4.69) is 10.1 Å². The number of para-hydroxylation sites is 1. The van der Waals surface area contributed by atoms with Gasteiger partial charge in [0.25, 0.3) is 5.91 Å². The molecule has 2 aliphatic rings. The van der Waals surface area contributed by atoms with E-state index in [4.69, 9.17) is 14.0 Å². The van der Waals surface area contributed by atoms with Gasteiger partial charge in [-0.15, -0.1) is 0 Å². The van der Waals surface area contributed by atoms with Crippen LogP contribution in [0.25, 0.3) is 0 Å². The van der Waals surface area contributed by atoms with Gasteiger partial charge in [0.05, 0.1) is 25.9 Å². The third-order valence-electron chi connectivity index (χ3n) is 5.26. The van der Waals surface area contributed by atoms with Crippen LogP contribution in [0.3, 0.4) is 0 Å². The van der Waals surface area contributed by atoms with Crippen LogP contribution in [0.15, 0.2) is 28.8 Å². The van der Waals surface area contributed by atoms with Gasteiger partial charge in [0.15, 0.2) is 0 Å². The fraction of sp³-hybridized carbons (Fsp3) is 0.500. The average molecular weight is 371 g/mol. The van der Waals surface area contributed by atoms with Crippen LogP contribution in [-0.4, -0.2) is 60.8 Å². The maximum Gasteiger partial charge on any atom is 0.257 e. The Morgan fingerprint density at radius 3 is 3.00 bits per heavy atom. The fourth-order valence-electron chi connectivity index (χ4n) is 3.74. The molecule has 3 heterocycles. The Morgan fingerprint density at radius 1 is 1.22 bits per heavy atom. The Bertz CT molecular complexity index is 804. The Balaban J connectivity index is 1.40. The van der Waals surface area contributed by atoms with Crippen LogP contribution in [0.1, 0.15) is 33.8 Å². The van der Waals surface area contributed by atoms with Crippen LogP contribution in [0, 0.1) is 0 Å². The number of methoxy groups -OCH3 is 1. The first-order chi connectivity index (χ1) is 13.3. The number of nitrogens with zero attached hydrogens (tertiary/aromatic N) is 3. The number of ether oxygens (including phenoxy) is 2. The Kier molecular flexibility index (Phi) is 5.40. The summed E-state index contributed by atoms with van der Waals surface area (Å²) in [5.41, 5.74) is 2.69. The van der Waals surface area contributed by atoms with E-state index < -0.39 is 0 Å². The van der Waals surface area contributed by atoms with Crippen LogP contribution >= 0.6 is 0 Å². The first-order valence-corrected chi connectivity index (χ1v) is 9.45. The second-order valence-corrected chi connectivity index (χ2v) is 6.96. The van der Waals surface area contributed by atoms with E-state index in [0.29, 0.717) is 31.1 Å². The maximum absolute atomic E-state index is 12.9. The molecule has 7 nitrogen and oxygen atoms in total. The molecule has 0 unspecified atom stereocenters. The van der Waals surface area contributed by atoms with Gasteiger partial charge in [0.1, 0.15) is 17.2 Å². The first kappa shape index (κ1) is 18.0. The topological polar surface area (TPSA) is 68.0 Å². The molecule has 0 aliphatic carbocycles. The molecule has 0 atom stereocenters. The van der Waals surface area contributed by atoms with Crippen LogP contribution < -0.4 is 4.74 Å². The molecule has 4 rings (SSSR count). The van der Waals surface area contributed by atoms with E-state index in [1.165, 1.54) is 0 Å². The Hall–Kier alpha value is -2.38. The smallest absolute Gasteiger partial charge is 0.257 e. The van der Waals surface area contributed by atoms with Gasteiger partial charge in [0.2, 0.25) is 0 Å². The SMILES string of the molecule is COc1ccccc1C(=O)N1CCCN(Cc2noc3c2COCC3)CC1. The minimum atomic E-state index is 0.0292. The molecule has 2 aliphatic heterocycles. The molecule has 1 aromatic heterocycles. The van der Waals surface area contributed by atoms with Crippen molar-refractivity contribution in [3.8, 4) is 5.75 Å². The van der Waals surface area contributed by atoms with Crippen molar-refractivity contribution in [2.24, 2.45) is 0 Å². The van der Waals surface area contributed by atoms with Crippen molar-refractivity contribution in [1.29, 1.82) is 0 Å². The molecule has 27 heavy (non-hydrogen) atoms. The maximum atomic E-state index is 12.9. The summed E-state index contributed by atoms with van der Waals surface area (Å²) < 4.78 is 16.4. The molecule has 0 spiro atoms. The van der Waals surface area contributed by atoms with Crippen molar-refractivity contribution in [1.82, 2.24) is 15.0 Å². The summed E-state index contributed by atoms with van der Waals surface area (Å²) in [4.78, 5) is 17.2. The van der Waals surface area contributed by atoms with Crippen molar-refractivity contribution in [3.63, 3.8) is 0 Å². The Labute approximate surface area is 158 Å². The van der Waals surface area contributed by atoms with E-state index in [-0.39, 0.29) is 5.91 Å². The van der Waals surface area contributed by atoms with Gasteiger partial charge in [0, 0.05) is 44.7 Å². The van der Waals surface area contributed by atoms with Gasteiger partial charge >= 0.3 is 0 Å². The van der Waals surface area contributed by atoms with E-state index >= 15 is 0 Å². The van der Waals surface area contributed by atoms with Crippen molar-refractivity contribution in [2.75, 3.05) is 39.9 Å². The van der Waals surface area contributed by atoms with Crippen LogP contribution in [0.2, 0.25) is 0 Å². The average Bonchev–Trinajstić information content (AvgIpc) is 2.97.